The van der Waals surface area contributed by atoms with Crippen LogP contribution in [0.2, 0.25) is 5.02 Å². The van der Waals surface area contributed by atoms with Crippen LogP contribution in [0.5, 0.6) is 5.75 Å². The maximum absolute atomic E-state index is 12.1. The van der Waals surface area contributed by atoms with Gasteiger partial charge in [-0.1, -0.05) is 17.7 Å². The molecule has 0 radical (unpaired) electrons. The van der Waals surface area contributed by atoms with Crippen LogP contribution in [0.4, 0.5) is 5.13 Å². The summed E-state index contributed by atoms with van der Waals surface area (Å²) in [4.78, 5) is 20.7. The number of benzene rings is 1. The third kappa shape index (κ3) is 4.35. The second kappa shape index (κ2) is 7.63. The highest BCUT2D eigenvalue weighted by molar-refractivity contribution is 7.14. The van der Waals surface area contributed by atoms with Gasteiger partial charge in [-0.2, -0.15) is 0 Å². The van der Waals surface area contributed by atoms with Crippen LogP contribution >= 0.6 is 22.9 Å². The molecule has 0 aliphatic heterocycles. The molecule has 3 aromatic rings. The number of thiazole rings is 1. The second-order valence-corrected chi connectivity index (χ2v) is 6.70. The summed E-state index contributed by atoms with van der Waals surface area (Å²) in [5.41, 5.74) is 3.32. The second-order valence-electron chi connectivity index (χ2n) is 5.46. The molecular weight excluding hydrogens is 358 g/mol. The van der Waals surface area contributed by atoms with Gasteiger partial charge in [0.05, 0.1) is 5.69 Å². The zero-order valence-corrected chi connectivity index (χ0v) is 15.3. The number of hydrogen-bond acceptors (Lipinski definition) is 5. The van der Waals surface area contributed by atoms with E-state index >= 15 is 0 Å². The number of nitrogens with one attached hydrogen (secondary N) is 1. The van der Waals surface area contributed by atoms with Gasteiger partial charge in [-0.3, -0.25) is 15.1 Å². The van der Waals surface area contributed by atoms with Crippen LogP contribution in [0.3, 0.4) is 0 Å². The fourth-order valence-electron chi connectivity index (χ4n) is 2.26. The van der Waals surface area contributed by atoms with Crippen LogP contribution in [-0.4, -0.2) is 22.5 Å². The number of aromatic nitrogens is 2. The lowest BCUT2D eigenvalue weighted by molar-refractivity contribution is -0.118. The zero-order valence-electron chi connectivity index (χ0n) is 13.7. The monoisotopic (exact) mass is 373 g/mol. The minimum Gasteiger partial charge on any atom is -0.484 e. The zero-order chi connectivity index (χ0) is 17.8. The molecule has 0 aliphatic rings. The molecule has 2 heterocycles. The molecule has 0 saturated heterocycles. The Morgan fingerprint density at radius 1 is 1.24 bits per heavy atom. The minimum atomic E-state index is -0.271. The molecule has 2 aromatic heterocycles. The molecule has 0 spiro atoms. The van der Waals surface area contributed by atoms with Crippen molar-refractivity contribution in [2.24, 2.45) is 0 Å². The Kier molecular flexibility index (Phi) is 5.31. The summed E-state index contributed by atoms with van der Waals surface area (Å²) >= 11 is 7.47. The van der Waals surface area contributed by atoms with E-state index in [1.54, 1.807) is 6.20 Å². The van der Waals surface area contributed by atoms with Crippen molar-refractivity contribution in [1.82, 2.24) is 9.97 Å². The van der Waals surface area contributed by atoms with Crippen LogP contribution in [-0.2, 0) is 4.79 Å². The van der Waals surface area contributed by atoms with E-state index in [4.69, 9.17) is 16.3 Å². The fourth-order valence-corrected chi connectivity index (χ4v) is 3.09. The summed E-state index contributed by atoms with van der Waals surface area (Å²) in [7, 11) is 0. The van der Waals surface area contributed by atoms with Gasteiger partial charge in [0.1, 0.15) is 11.4 Å². The first-order valence-electron chi connectivity index (χ1n) is 7.59. The largest absolute Gasteiger partial charge is 0.484 e. The van der Waals surface area contributed by atoms with Crippen LogP contribution in [0.1, 0.15) is 11.1 Å². The Hall–Kier alpha value is -2.44. The van der Waals surface area contributed by atoms with Gasteiger partial charge in [-0.15, -0.1) is 11.3 Å². The molecule has 7 heteroatoms. The average Bonchev–Trinajstić information content (AvgIpc) is 3.07. The van der Waals surface area contributed by atoms with E-state index in [0.29, 0.717) is 15.9 Å². The Morgan fingerprint density at radius 3 is 2.68 bits per heavy atom. The third-order valence-corrected chi connectivity index (χ3v) is 4.81. The van der Waals surface area contributed by atoms with Gasteiger partial charge in [0.25, 0.3) is 5.91 Å². The highest BCUT2D eigenvalue weighted by Crippen LogP contribution is 2.26. The number of halogens is 1. The minimum absolute atomic E-state index is 0.0982. The molecule has 5 nitrogen and oxygen atoms in total. The molecule has 25 heavy (non-hydrogen) atoms. The van der Waals surface area contributed by atoms with Crippen molar-refractivity contribution in [2.45, 2.75) is 13.8 Å². The number of amides is 1. The van der Waals surface area contributed by atoms with E-state index in [0.717, 1.165) is 22.5 Å². The predicted octanol–water partition coefficient (Wildman–Crippen LogP) is 4.49. The molecule has 0 atom stereocenters. The summed E-state index contributed by atoms with van der Waals surface area (Å²) < 4.78 is 5.54. The van der Waals surface area contributed by atoms with Crippen molar-refractivity contribution < 1.29 is 9.53 Å². The van der Waals surface area contributed by atoms with E-state index in [1.165, 1.54) is 11.3 Å². The number of ether oxygens (including phenoxy) is 1. The first-order chi connectivity index (χ1) is 12.0. The van der Waals surface area contributed by atoms with Crippen molar-refractivity contribution in [2.75, 3.05) is 11.9 Å². The fraction of sp³-hybridized carbons (Fsp3) is 0.167. The van der Waals surface area contributed by atoms with Gasteiger partial charge in [0.2, 0.25) is 0 Å². The average molecular weight is 374 g/mol. The summed E-state index contributed by atoms with van der Waals surface area (Å²) in [6.45, 7) is 3.70. The van der Waals surface area contributed by atoms with Crippen molar-refractivity contribution in [3.8, 4) is 17.1 Å². The van der Waals surface area contributed by atoms with Gasteiger partial charge >= 0.3 is 0 Å². The summed E-state index contributed by atoms with van der Waals surface area (Å²) in [6, 6.07) is 9.23. The van der Waals surface area contributed by atoms with Crippen LogP contribution < -0.4 is 10.1 Å². The SMILES string of the molecule is Cc1cc(OCC(=O)Nc2nc(-c3ccccn3)cs2)cc(C)c1Cl. The molecule has 3 rings (SSSR count). The molecule has 1 aromatic carbocycles. The first-order valence-corrected chi connectivity index (χ1v) is 8.85. The van der Waals surface area contributed by atoms with Crippen molar-refractivity contribution >= 4 is 34.0 Å². The summed E-state index contributed by atoms with van der Waals surface area (Å²) in [5.74, 6) is 0.343. The molecule has 0 unspecified atom stereocenters. The number of pyridine rings is 1. The standard InChI is InChI=1S/C18H16ClN3O2S/c1-11-7-13(8-12(2)17(11)19)24-9-16(23)22-18-21-15(10-25-18)14-5-3-4-6-20-14/h3-8,10H,9H2,1-2H3,(H,21,22,23). The molecule has 1 amide bonds. The Labute approximate surface area is 154 Å². The van der Waals surface area contributed by atoms with Crippen molar-refractivity contribution in [3.63, 3.8) is 0 Å². The van der Waals surface area contributed by atoms with E-state index in [9.17, 15) is 4.79 Å². The predicted molar refractivity (Wildman–Crippen MR) is 100 cm³/mol. The molecule has 0 bridgehead atoms. The number of carbonyl (C=O) groups is 1. The number of carbonyl (C=O) groups excluding carboxylic acids is 1. The van der Waals surface area contributed by atoms with Gasteiger partial charge in [-0.25, -0.2) is 4.98 Å². The Bertz CT molecular complexity index is 873. The smallest absolute Gasteiger partial charge is 0.264 e. The summed E-state index contributed by atoms with van der Waals surface area (Å²) in [6.07, 6.45) is 1.71. The normalized spacial score (nSPS) is 10.5. The van der Waals surface area contributed by atoms with Crippen molar-refractivity contribution in [3.05, 3.63) is 58.1 Å². The lowest BCUT2D eigenvalue weighted by atomic mass is 10.1. The molecular formula is C18H16ClN3O2S. The van der Waals surface area contributed by atoms with E-state index in [1.807, 2.05) is 49.6 Å². The molecule has 128 valence electrons. The van der Waals surface area contributed by atoms with Crippen LogP contribution in [0, 0.1) is 13.8 Å². The lowest BCUT2D eigenvalue weighted by Crippen LogP contribution is -2.20. The molecule has 0 aliphatic carbocycles. The quantitative estimate of drug-likeness (QED) is 0.715. The number of rotatable bonds is 5. The van der Waals surface area contributed by atoms with Gasteiger partial charge in [0, 0.05) is 16.6 Å². The number of hydrogen-bond donors (Lipinski definition) is 1. The van der Waals surface area contributed by atoms with Gasteiger partial charge in [-0.05, 0) is 49.2 Å². The highest BCUT2D eigenvalue weighted by atomic mass is 35.5. The van der Waals surface area contributed by atoms with E-state index < -0.39 is 0 Å². The molecule has 1 N–H and O–H groups in total. The molecule has 0 fully saturated rings. The van der Waals surface area contributed by atoms with Crippen LogP contribution in [0.15, 0.2) is 41.9 Å². The van der Waals surface area contributed by atoms with Gasteiger partial charge < -0.3 is 4.74 Å². The van der Waals surface area contributed by atoms with Gasteiger partial charge in [0.15, 0.2) is 11.7 Å². The topological polar surface area (TPSA) is 64.1 Å². The lowest BCUT2D eigenvalue weighted by Gasteiger charge is -2.09. The first kappa shape index (κ1) is 17.4. The maximum atomic E-state index is 12.1. The van der Waals surface area contributed by atoms with E-state index in [2.05, 4.69) is 15.3 Å². The summed E-state index contributed by atoms with van der Waals surface area (Å²) in [5, 5.41) is 5.81. The van der Waals surface area contributed by atoms with E-state index in [-0.39, 0.29) is 12.5 Å². The molecule has 0 saturated carbocycles. The number of aryl methyl sites for hydroxylation is 2. The Balaban J connectivity index is 1.59. The number of anilines is 1. The maximum Gasteiger partial charge on any atom is 0.264 e. The van der Waals surface area contributed by atoms with Crippen molar-refractivity contribution in [1.29, 1.82) is 0 Å². The highest BCUT2D eigenvalue weighted by Gasteiger charge is 2.10. The third-order valence-electron chi connectivity index (χ3n) is 3.46. The number of nitrogens with zero attached hydrogens (tertiary/aromatic N) is 2. The van der Waals surface area contributed by atoms with Crippen LogP contribution in [0.25, 0.3) is 11.4 Å². The Morgan fingerprint density at radius 2 is 2.00 bits per heavy atom.